The summed E-state index contributed by atoms with van der Waals surface area (Å²) < 4.78 is 7.89. The maximum atomic E-state index is 10.8. The van der Waals surface area contributed by atoms with E-state index in [1.807, 2.05) is 22.8 Å². The van der Waals surface area contributed by atoms with Crippen LogP contribution in [0.4, 0.5) is 0 Å². The molecule has 108 valence electrons. The number of aromatic nitrogens is 3. The van der Waals surface area contributed by atoms with Crippen molar-refractivity contribution in [2.75, 3.05) is 5.75 Å². The van der Waals surface area contributed by atoms with Crippen molar-refractivity contribution < 1.29 is 14.4 Å². The van der Waals surface area contributed by atoms with E-state index in [9.17, 15) is 4.79 Å². The first kappa shape index (κ1) is 14.4. The van der Waals surface area contributed by atoms with Crippen molar-refractivity contribution in [1.82, 2.24) is 14.7 Å². The van der Waals surface area contributed by atoms with Crippen LogP contribution in [0.2, 0.25) is 0 Å². The number of rotatable bonds is 5. The second-order valence-electron chi connectivity index (χ2n) is 4.29. The molecule has 0 fully saturated rings. The molecule has 0 spiro atoms. The number of hydrogen-bond donors (Lipinski definition) is 1. The minimum atomic E-state index is -0.866. The van der Waals surface area contributed by atoms with Crippen molar-refractivity contribution in [3.05, 3.63) is 39.8 Å². The van der Waals surface area contributed by atoms with Crippen molar-refractivity contribution in [3.63, 3.8) is 0 Å². The van der Waals surface area contributed by atoms with E-state index in [4.69, 9.17) is 9.63 Å². The zero-order valence-corrected chi connectivity index (χ0v) is 13.7. The van der Waals surface area contributed by atoms with E-state index in [-0.39, 0.29) is 5.75 Å². The van der Waals surface area contributed by atoms with E-state index in [1.165, 1.54) is 18.0 Å². The highest BCUT2D eigenvalue weighted by Gasteiger charge is 2.14. The van der Waals surface area contributed by atoms with Crippen LogP contribution in [-0.2, 0) is 11.3 Å². The molecule has 0 atom stereocenters. The Kier molecular flexibility index (Phi) is 4.15. The number of halogens is 1. The van der Waals surface area contributed by atoms with Gasteiger partial charge in [0.25, 0.3) is 0 Å². The minimum absolute atomic E-state index is 0.0285. The molecule has 0 amide bonds. The summed E-state index contributed by atoms with van der Waals surface area (Å²) in [5, 5.41) is 13.4. The number of benzene rings is 1. The van der Waals surface area contributed by atoms with Gasteiger partial charge in [-0.25, -0.2) is 4.98 Å². The summed E-state index contributed by atoms with van der Waals surface area (Å²) in [4.78, 5) is 15.3. The molecular weight excluding hydrogens is 405 g/mol. The van der Waals surface area contributed by atoms with Crippen LogP contribution >= 0.6 is 34.4 Å². The zero-order chi connectivity index (χ0) is 14.8. The van der Waals surface area contributed by atoms with E-state index >= 15 is 0 Å². The Labute approximate surface area is 137 Å². The lowest BCUT2D eigenvalue weighted by molar-refractivity contribution is -0.133. The van der Waals surface area contributed by atoms with Crippen LogP contribution in [-0.4, -0.2) is 31.5 Å². The van der Waals surface area contributed by atoms with Gasteiger partial charge in [0.1, 0.15) is 12.0 Å². The summed E-state index contributed by atoms with van der Waals surface area (Å²) in [6.45, 7) is 0.496. The molecule has 0 aliphatic heterocycles. The largest absolute Gasteiger partial charge is 0.481 e. The van der Waals surface area contributed by atoms with Crippen LogP contribution in [0.5, 0.6) is 0 Å². The Morgan fingerprint density at radius 2 is 2.29 bits per heavy atom. The van der Waals surface area contributed by atoms with Gasteiger partial charge in [0, 0.05) is 9.64 Å². The van der Waals surface area contributed by atoms with Crippen molar-refractivity contribution in [3.8, 4) is 0 Å². The van der Waals surface area contributed by atoms with Gasteiger partial charge < -0.3 is 14.2 Å². The third-order valence-corrected chi connectivity index (χ3v) is 4.44. The molecule has 2 heterocycles. The van der Waals surface area contributed by atoms with Crippen LogP contribution in [0.1, 0.15) is 5.69 Å². The summed E-state index contributed by atoms with van der Waals surface area (Å²) in [6, 6.07) is 7.73. The molecule has 0 unspecified atom stereocenters. The molecule has 8 heteroatoms. The lowest BCUT2D eigenvalue weighted by Crippen LogP contribution is -2.04. The molecule has 3 rings (SSSR count). The predicted molar refractivity (Wildman–Crippen MR) is 86.4 cm³/mol. The molecule has 1 aromatic carbocycles. The molecule has 0 saturated carbocycles. The van der Waals surface area contributed by atoms with Crippen LogP contribution in [0.3, 0.4) is 0 Å². The van der Waals surface area contributed by atoms with Crippen LogP contribution in [0, 0.1) is 3.57 Å². The first-order chi connectivity index (χ1) is 10.1. The maximum absolute atomic E-state index is 10.8. The van der Waals surface area contributed by atoms with Gasteiger partial charge in [-0.05, 0) is 40.8 Å². The Hall–Kier alpha value is -1.55. The predicted octanol–water partition coefficient (Wildman–Crippen LogP) is 2.85. The van der Waals surface area contributed by atoms with Gasteiger partial charge in [-0.3, -0.25) is 4.79 Å². The number of imidazole rings is 1. The molecule has 6 nitrogen and oxygen atoms in total. The second kappa shape index (κ2) is 6.06. The first-order valence-corrected chi connectivity index (χ1v) is 8.09. The molecule has 0 saturated heterocycles. The fourth-order valence-corrected chi connectivity index (χ4v) is 3.16. The highest BCUT2D eigenvalue weighted by Crippen LogP contribution is 2.26. The third kappa shape index (κ3) is 3.21. The van der Waals surface area contributed by atoms with Crippen LogP contribution < -0.4 is 0 Å². The van der Waals surface area contributed by atoms with Gasteiger partial charge in [-0.15, -0.1) is 0 Å². The fourth-order valence-electron chi connectivity index (χ4n) is 1.95. The summed E-state index contributed by atoms with van der Waals surface area (Å²) in [5.74, 6) is -0.895. The molecule has 0 bridgehead atoms. The number of hydrogen-bond acceptors (Lipinski definition) is 5. The normalized spacial score (nSPS) is 11.1. The van der Waals surface area contributed by atoms with Gasteiger partial charge in [0.2, 0.25) is 0 Å². The van der Waals surface area contributed by atoms with Crippen LogP contribution in [0.15, 0.2) is 40.2 Å². The monoisotopic (exact) mass is 415 g/mol. The SMILES string of the molecule is O=C(O)CSc1nc2cc(I)ccc2n1Cc1ccon1. The zero-order valence-electron chi connectivity index (χ0n) is 10.7. The molecule has 0 radical (unpaired) electrons. The number of nitrogens with zero attached hydrogens (tertiary/aromatic N) is 3. The van der Waals surface area contributed by atoms with Gasteiger partial charge in [-0.1, -0.05) is 16.9 Å². The van der Waals surface area contributed by atoms with Gasteiger partial charge >= 0.3 is 5.97 Å². The lowest BCUT2D eigenvalue weighted by atomic mass is 10.3. The Balaban J connectivity index is 2.03. The second-order valence-corrected chi connectivity index (χ2v) is 6.47. The smallest absolute Gasteiger partial charge is 0.313 e. The Morgan fingerprint density at radius 3 is 3.00 bits per heavy atom. The number of thioether (sulfide) groups is 1. The van der Waals surface area contributed by atoms with Crippen molar-refractivity contribution in [1.29, 1.82) is 0 Å². The van der Waals surface area contributed by atoms with Crippen molar-refractivity contribution >= 4 is 51.4 Å². The average molecular weight is 415 g/mol. The molecule has 2 aromatic heterocycles. The van der Waals surface area contributed by atoms with E-state index in [2.05, 4.69) is 32.7 Å². The topological polar surface area (TPSA) is 81.1 Å². The quantitative estimate of drug-likeness (QED) is 0.510. The lowest BCUT2D eigenvalue weighted by Gasteiger charge is -2.05. The molecule has 0 aliphatic carbocycles. The molecule has 21 heavy (non-hydrogen) atoms. The number of fused-ring (bicyclic) bond motifs is 1. The third-order valence-electron chi connectivity index (χ3n) is 2.81. The molecule has 0 aliphatic rings. The maximum Gasteiger partial charge on any atom is 0.313 e. The minimum Gasteiger partial charge on any atom is -0.481 e. The Bertz CT molecular complexity index is 785. The highest BCUT2D eigenvalue weighted by molar-refractivity contribution is 14.1. The summed E-state index contributed by atoms with van der Waals surface area (Å²) in [5.41, 5.74) is 2.56. The first-order valence-electron chi connectivity index (χ1n) is 6.03. The van der Waals surface area contributed by atoms with Crippen molar-refractivity contribution in [2.45, 2.75) is 11.7 Å². The van der Waals surface area contributed by atoms with E-state index in [1.54, 1.807) is 6.07 Å². The van der Waals surface area contributed by atoms with E-state index in [0.717, 1.165) is 20.3 Å². The number of carboxylic acid groups (broad SMARTS) is 1. The fraction of sp³-hybridized carbons (Fsp3) is 0.154. The van der Waals surface area contributed by atoms with E-state index in [0.29, 0.717) is 11.7 Å². The summed E-state index contributed by atoms with van der Waals surface area (Å²) in [7, 11) is 0. The van der Waals surface area contributed by atoms with E-state index < -0.39 is 5.97 Å². The van der Waals surface area contributed by atoms with Gasteiger partial charge in [0.15, 0.2) is 5.16 Å². The molecular formula is C13H10IN3O3S. The summed E-state index contributed by atoms with van der Waals surface area (Å²) >= 11 is 3.43. The number of aliphatic carboxylic acids is 1. The number of carbonyl (C=O) groups is 1. The Morgan fingerprint density at radius 1 is 1.43 bits per heavy atom. The highest BCUT2D eigenvalue weighted by atomic mass is 127. The average Bonchev–Trinajstić information content (AvgIpc) is 3.05. The molecule has 1 N–H and O–H groups in total. The molecule has 3 aromatic rings. The summed E-state index contributed by atoms with van der Waals surface area (Å²) in [6.07, 6.45) is 1.52. The van der Waals surface area contributed by atoms with Gasteiger partial charge in [-0.2, -0.15) is 0 Å². The van der Waals surface area contributed by atoms with Crippen molar-refractivity contribution in [2.24, 2.45) is 0 Å². The van der Waals surface area contributed by atoms with Gasteiger partial charge in [0.05, 0.1) is 23.3 Å². The van der Waals surface area contributed by atoms with Crippen LogP contribution in [0.25, 0.3) is 11.0 Å². The standard InChI is InChI=1S/C13H10IN3O3S/c14-8-1-2-11-10(5-8)15-13(21-7-12(18)19)17(11)6-9-3-4-20-16-9/h1-5H,6-7H2,(H,18,19). The number of carboxylic acids is 1.